The number of aliphatic hydroxyl groups excluding tert-OH is 1. The molecule has 1 amide bonds. The van der Waals surface area contributed by atoms with Crippen molar-refractivity contribution < 1.29 is 14.6 Å². The third-order valence-corrected chi connectivity index (χ3v) is 6.14. The number of benzene rings is 1. The highest BCUT2D eigenvalue weighted by molar-refractivity contribution is 7.99. The maximum absolute atomic E-state index is 12.3. The molecule has 0 aliphatic carbocycles. The van der Waals surface area contributed by atoms with Crippen molar-refractivity contribution in [2.24, 2.45) is 0 Å². The molecule has 2 aromatic rings. The standard InChI is InChI=1S/C20H27ClN4O3S/c1-2-25-18(12-24-11-5-3-4-6-19(24)27)22-23-20(25)29-14-16(26)13-28-17-9-7-15(21)8-10-17/h7-10,16,26H,2-6,11-14H2,1H3/t16-/m1/s1. The highest BCUT2D eigenvalue weighted by Gasteiger charge is 2.21. The number of carbonyl (C=O) groups excluding carboxylic acids is 1. The molecule has 9 heteroatoms. The fraction of sp³-hybridized carbons (Fsp3) is 0.550. The summed E-state index contributed by atoms with van der Waals surface area (Å²) in [6.45, 7) is 4.19. The summed E-state index contributed by atoms with van der Waals surface area (Å²) in [6, 6.07) is 7.04. The van der Waals surface area contributed by atoms with Crippen molar-refractivity contribution in [3.8, 4) is 5.75 Å². The average Bonchev–Trinajstić information content (AvgIpc) is 3.00. The first kappa shape index (κ1) is 21.9. The van der Waals surface area contributed by atoms with E-state index in [1.807, 2.05) is 16.4 Å². The van der Waals surface area contributed by atoms with Gasteiger partial charge in [-0.25, -0.2) is 0 Å². The monoisotopic (exact) mass is 438 g/mol. The van der Waals surface area contributed by atoms with Gasteiger partial charge in [-0.05, 0) is 44.0 Å². The zero-order chi connectivity index (χ0) is 20.6. The SMILES string of the molecule is CCn1c(CN2CCCCCC2=O)nnc1SC[C@H](O)COc1ccc(Cl)cc1. The Hall–Kier alpha value is -1.77. The van der Waals surface area contributed by atoms with E-state index in [0.29, 0.717) is 36.0 Å². The second-order valence-corrected chi connectivity index (χ2v) is 8.42. The summed E-state index contributed by atoms with van der Waals surface area (Å²) in [7, 11) is 0. The average molecular weight is 439 g/mol. The third kappa shape index (κ3) is 6.35. The predicted octanol–water partition coefficient (Wildman–Crippen LogP) is 3.39. The number of aliphatic hydroxyl groups is 1. The Morgan fingerprint density at radius 1 is 1.24 bits per heavy atom. The predicted molar refractivity (Wildman–Crippen MR) is 113 cm³/mol. The quantitative estimate of drug-likeness (QED) is 0.604. The number of amides is 1. The molecule has 29 heavy (non-hydrogen) atoms. The number of rotatable bonds is 9. The molecule has 1 saturated heterocycles. The van der Waals surface area contributed by atoms with E-state index in [2.05, 4.69) is 10.2 Å². The van der Waals surface area contributed by atoms with Crippen LogP contribution >= 0.6 is 23.4 Å². The lowest BCUT2D eigenvalue weighted by Crippen LogP contribution is -2.31. The van der Waals surface area contributed by atoms with Gasteiger partial charge in [0.05, 0.1) is 12.6 Å². The van der Waals surface area contributed by atoms with Gasteiger partial charge < -0.3 is 19.3 Å². The molecule has 1 N–H and O–H groups in total. The number of carbonyl (C=O) groups is 1. The first-order valence-corrected chi connectivity index (χ1v) is 11.3. The molecule has 7 nitrogen and oxygen atoms in total. The fourth-order valence-electron chi connectivity index (χ4n) is 3.18. The van der Waals surface area contributed by atoms with Gasteiger partial charge in [0.2, 0.25) is 5.91 Å². The summed E-state index contributed by atoms with van der Waals surface area (Å²) in [5.41, 5.74) is 0. The Morgan fingerprint density at radius 2 is 2.03 bits per heavy atom. The number of nitrogens with zero attached hydrogens (tertiary/aromatic N) is 4. The number of aromatic nitrogens is 3. The lowest BCUT2D eigenvalue weighted by Gasteiger charge is -2.20. The van der Waals surface area contributed by atoms with Crippen molar-refractivity contribution in [3.05, 3.63) is 35.1 Å². The van der Waals surface area contributed by atoms with E-state index in [1.165, 1.54) is 11.8 Å². The summed E-state index contributed by atoms with van der Waals surface area (Å²) in [5, 5.41) is 20.2. The summed E-state index contributed by atoms with van der Waals surface area (Å²) in [4.78, 5) is 14.1. The molecule has 1 aliphatic heterocycles. The maximum atomic E-state index is 12.3. The minimum atomic E-state index is -0.645. The highest BCUT2D eigenvalue weighted by Crippen LogP contribution is 2.21. The van der Waals surface area contributed by atoms with Gasteiger partial charge in [-0.3, -0.25) is 4.79 Å². The number of halogens is 1. The third-order valence-electron chi connectivity index (χ3n) is 4.77. The highest BCUT2D eigenvalue weighted by atomic mass is 35.5. The van der Waals surface area contributed by atoms with Crippen LogP contribution in [0.25, 0.3) is 0 Å². The lowest BCUT2D eigenvalue weighted by atomic mass is 10.2. The van der Waals surface area contributed by atoms with Crippen LogP contribution in [0, 0.1) is 0 Å². The van der Waals surface area contributed by atoms with Crippen LogP contribution < -0.4 is 4.74 Å². The van der Waals surface area contributed by atoms with Gasteiger partial charge in [0.25, 0.3) is 0 Å². The Kier molecular flexibility index (Phi) is 8.20. The van der Waals surface area contributed by atoms with Crippen LogP contribution in [0.3, 0.4) is 0 Å². The van der Waals surface area contributed by atoms with Crippen molar-refractivity contribution in [1.29, 1.82) is 0 Å². The normalized spacial score (nSPS) is 16.0. The van der Waals surface area contributed by atoms with Gasteiger partial charge in [-0.1, -0.05) is 29.8 Å². The maximum Gasteiger partial charge on any atom is 0.222 e. The second kappa shape index (κ2) is 10.8. The smallest absolute Gasteiger partial charge is 0.222 e. The van der Waals surface area contributed by atoms with Gasteiger partial charge in [-0.15, -0.1) is 10.2 Å². The van der Waals surface area contributed by atoms with E-state index in [4.69, 9.17) is 16.3 Å². The fourth-order valence-corrected chi connectivity index (χ4v) is 4.23. The number of likely N-dealkylation sites (tertiary alicyclic amines) is 1. The summed E-state index contributed by atoms with van der Waals surface area (Å²) in [5.74, 6) is 2.09. The van der Waals surface area contributed by atoms with E-state index in [9.17, 15) is 9.90 Å². The summed E-state index contributed by atoms with van der Waals surface area (Å²) in [6.07, 6.45) is 3.07. The van der Waals surface area contributed by atoms with Crippen molar-refractivity contribution in [2.75, 3.05) is 18.9 Å². The van der Waals surface area contributed by atoms with E-state index in [-0.39, 0.29) is 12.5 Å². The van der Waals surface area contributed by atoms with Crippen LogP contribution in [0.1, 0.15) is 38.4 Å². The van der Waals surface area contributed by atoms with E-state index < -0.39 is 6.10 Å². The number of hydrogen-bond acceptors (Lipinski definition) is 6. The number of thioether (sulfide) groups is 1. The summed E-state index contributed by atoms with van der Waals surface area (Å²) >= 11 is 7.29. The van der Waals surface area contributed by atoms with Gasteiger partial charge in [0.15, 0.2) is 11.0 Å². The Balaban J connectivity index is 1.52. The van der Waals surface area contributed by atoms with Crippen molar-refractivity contribution in [2.45, 2.75) is 57.0 Å². The van der Waals surface area contributed by atoms with E-state index >= 15 is 0 Å². The molecule has 1 atom stereocenters. The van der Waals surface area contributed by atoms with Gasteiger partial charge in [-0.2, -0.15) is 0 Å². The molecule has 1 aromatic carbocycles. The second-order valence-electron chi connectivity index (χ2n) is 7.00. The molecule has 0 radical (unpaired) electrons. The zero-order valence-electron chi connectivity index (χ0n) is 16.6. The zero-order valence-corrected chi connectivity index (χ0v) is 18.2. The molecule has 0 bridgehead atoms. The summed E-state index contributed by atoms with van der Waals surface area (Å²) < 4.78 is 7.60. The van der Waals surface area contributed by atoms with E-state index in [0.717, 1.165) is 36.8 Å². The van der Waals surface area contributed by atoms with Gasteiger partial charge in [0, 0.05) is 30.3 Å². The topological polar surface area (TPSA) is 80.5 Å². The van der Waals surface area contributed by atoms with Crippen LogP contribution in [0.5, 0.6) is 5.75 Å². The van der Waals surface area contributed by atoms with Crippen LogP contribution in [-0.2, 0) is 17.9 Å². The van der Waals surface area contributed by atoms with Crippen LogP contribution in [0.2, 0.25) is 5.02 Å². The molecule has 1 fully saturated rings. The van der Waals surface area contributed by atoms with Crippen LogP contribution in [-0.4, -0.2) is 55.7 Å². The number of hydrogen-bond donors (Lipinski definition) is 1. The molecular weight excluding hydrogens is 412 g/mol. The molecular formula is C20H27ClN4O3S. The molecule has 2 heterocycles. The minimum absolute atomic E-state index is 0.185. The van der Waals surface area contributed by atoms with Crippen LogP contribution in [0.4, 0.5) is 0 Å². The molecule has 1 aromatic heterocycles. The molecule has 1 aliphatic rings. The minimum Gasteiger partial charge on any atom is -0.491 e. The van der Waals surface area contributed by atoms with E-state index in [1.54, 1.807) is 24.3 Å². The molecule has 0 unspecified atom stereocenters. The van der Waals surface area contributed by atoms with Crippen molar-refractivity contribution in [1.82, 2.24) is 19.7 Å². The Morgan fingerprint density at radius 3 is 2.79 bits per heavy atom. The number of ether oxygens (including phenoxy) is 1. The van der Waals surface area contributed by atoms with Crippen molar-refractivity contribution in [3.63, 3.8) is 0 Å². The molecule has 0 spiro atoms. The van der Waals surface area contributed by atoms with Gasteiger partial charge in [0.1, 0.15) is 12.4 Å². The lowest BCUT2D eigenvalue weighted by molar-refractivity contribution is -0.131. The Labute approximate surface area is 180 Å². The molecule has 3 rings (SSSR count). The molecule has 0 saturated carbocycles. The first-order chi connectivity index (χ1) is 14.1. The van der Waals surface area contributed by atoms with Crippen LogP contribution in [0.15, 0.2) is 29.4 Å². The first-order valence-electron chi connectivity index (χ1n) is 9.96. The Bertz CT molecular complexity index is 800. The van der Waals surface area contributed by atoms with Crippen molar-refractivity contribution >= 4 is 29.3 Å². The molecule has 158 valence electrons. The van der Waals surface area contributed by atoms with Gasteiger partial charge >= 0.3 is 0 Å². The largest absolute Gasteiger partial charge is 0.491 e.